The molecule has 3 rings (SSSR count). The standard InChI is InChI=1S/C24H26ClN3O5/c1-13(2)26-24(30)18-8-7-17(25)11-20(18)27-23(29)16-6-9-21(22(10-16)31-5)32-12-19-14(3)28-33-15(19)4/h6-11,13H,12H2,1-5H3,(H,26,30)(H,27,29). The monoisotopic (exact) mass is 471 g/mol. The summed E-state index contributed by atoms with van der Waals surface area (Å²) in [6, 6.07) is 9.47. The lowest BCUT2D eigenvalue weighted by Crippen LogP contribution is -2.31. The third-order valence-corrected chi connectivity index (χ3v) is 5.11. The Morgan fingerprint density at radius 3 is 2.48 bits per heavy atom. The van der Waals surface area contributed by atoms with Crippen molar-refractivity contribution in [1.82, 2.24) is 10.5 Å². The fourth-order valence-electron chi connectivity index (χ4n) is 3.14. The lowest BCUT2D eigenvalue weighted by atomic mass is 10.1. The number of carbonyl (C=O) groups excluding carboxylic acids is 2. The third-order valence-electron chi connectivity index (χ3n) is 4.87. The summed E-state index contributed by atoms with van der Waals surface area (Å²) in [6.45, 7) is 7.61. The summed E-state index contributed by atoms with van der Waals surface area (Å²) in [5, 5.41) is 9.88. The Kier molecular flexibility index (Phi) is 7.60. The van der Waals surface area contributed by atoms with E-state index in [4.69, 9.17) is 25.6 Å². The van der Waals surface area contributed by atoms with Crippen molar-refractivity contribution in [3.8, 4) is 11.5 Å². The van der Waals surface area contributed by atoms with Gasteiger partial charge in [-0.25, -0.2) is 0 Å². The number of aromatic nitrogens is 1. The molecular weight excluding hydrogens is 446 g/mol. The Balaban J connectivity index is 1.79. The summed E-state index contributed by atoms with van der Waals surface area (Å²) in [5.74, 6) is 0.803. The van der Waals surface area contributed by atoms with Crippen LogP contribution < -0.4 is 20.1 Å². The van der Waals surface area contributed by atoms with Gasteiger partial charge >= 0.3 is 0 Å². The predicted octanol–water partition coefficient (Wildman–Crippen LogP) is 4.92. The minimum absolute atomic E-state index is 0.0565. The van der Waals surface area contributed by atoms with E-state index in [1.807, 2.05) is 27.7 Å². The summed E-state index contributed by atoms with van der Waals surface area (Å²) in [4.78, 5) is 25.4. The zero-order valence-electron chi connectivity index (χ0n) is 19.1. The molecule has 0 aliphatic heterocycles. The van der Waals surface area contributed by atoms with Crippen LogP contribution in [0, 0.1) is 13.8 Å². The molecule has 1 heterocycles. The summed E-state index contributed by atoms with van der Waals surface area (Å²) in [6.07, 6.45) is 0. The van der Waals surface area contributed by atoms with E-state index in [0.29, 0.717) is 39.1 Å². The molecule has 0 aliphatic carbocycles. The second-order valence-electron chi connectivity index (χ2n) is 7.73. The molecule has 8 nitrogen and oxygen atoms in total. The number of ether oxygens (including phenoxy) is 2. The molecule has 2 N–H and O–H groups in total. The maximum atomic E-state index is 12.9. The minimum Gasteiger partial charge on any atom is -0.493 e. The van der Waals surface area contributed by atoms with Crippen LogP contribution in [-0.2, 0) is 6.61 Å². The number of rotatable bonds is 8. The molecular formula is C24H26ClN3O5. The van der Waals surface area contributed by atoms with E-state index in [9.17, 15) is 9.59 Å². The van der Waals surface area contributed by atoms with E-state index < -0.39 is 5.91 Å². The van der Waals surface area contributed by atoms with Crippen molar-refractivity contribution in [2.24, 2.45) is 0 Å². The van der Waals surface area contributed by atoms with Crippen LogP contribution in [0.3, 0.4) is 0 Å². The maximum Gasteiger partial charge on any atom is 0.255 e. The summed E-state index contributed by atoms with van der Waals surface area (Å²) >= 11 is 6.09. The quantitative estimate of drug-likeness (QED) is 0.483. The largest absolute Gasteiger partial charge is 0.493 e. The number of benzene rings is 2. The first-order valence-electron chi connectivity index (χ1n) is 10.3. The number of methoxy groups -OCH3 is 1. The number of amides is 2. The van der Waals surface area contributed by atoms with Gasteiger partial charge in [-0.1, -0.05) is 16.8 Å². The molecule has 2 aromatic carbocycles. The van der Waals surface area contributed by atoms with Crippen LogP contribution >= 0.6 is 11.6 Å². The van der Waals surface area contributed by atoms with Crippen LogP contribution in [0.4, 0.5) is 5.69 Å². The van der Waals surface area contributed by atoms with E-state index in [0.717, 1.165) is 11.3 Å². The first kappa shape index (κ1) is 24.1. The van der Waals surface area contributed by atoms with Gasteiger partial charge in [-0.2, -0.15) is 0 Å². The van der Waals surface area contributed by atoms with Gasteiger partial charge in [0.05, 0.1) is 29.6 Å². The molecule has 0 bridgehead atoms. The fourth-order valence-corrected chi connectivity index (χ4v) is 3.31. The Morgan fingerprint density at radius 2 is 1.85 bits per heavy atom. The van der Waals surface area contributed by atoms with Gasteiger partial charge in [0.15, 0.2) is 11.5 Å². The molecule has 174 valence electrons. The highest BCUT2D eigenvalue weighted by atomic mass is 35.5. The Morgan fingerprint density at radius 1 is 1.09 bits per heavy atom. The Bertz CT molecular complexity index is 1150. The van der Waals surface area contributed by atoms with Gasteiger partial charge in [0, 0.05) is 16.6 Å². The van der Waals surface area contributed by atoms with E-state index in [1.54, 1.807) is 30.3 Å². The zero-order chi connectivity index (χ0) is 24.1. The van der Waals surface area contributed by atoms with Crippen LogP contribution in [0.15, 0.2) is 40.9 Å². The number of nitrogens with zero attached hydrogens (tertiary/aromatic N) is 1. The van der Waals surface area contributed by atoms with Gasteiger partial charge in [0.1, 0.15) is 12.4 Å². The topological polar surface area (TPSA) is 103 Å². The molecule has 0 spiro atoms. The van der Waals surface area contributed by atoms with Crippen LogP contribution in [0.5, 0.6) is 11.5 Å². The van der Waals surface area contributed by atoms with Crippen molar-refractivity contribution in [2.75, 3.05) is 12.4 Å². The average molecular weight is 472 g/mol. The van der Waals surface area contributed by atoms with E-state index in [1.165, 1.54) is 13.2 Å². The van der Waals surface area contributed by atoms with Crippen molar-refractivity contribution < 1.29 is 23.6 Å². The van der Waals surface area contributed by atoms with Crippen molar-refractivity contribution >= 4 is 29.1 Å². The second-order valence-corrected chi connectivity index (χ2v) is 8.17. The number of carbonyl (C=O) groups is 2. The van der Waals surface area contributed by atoms with Gasteiger partial charge in [-0.05, 0) is 64.1 Å². The lowest BCUT2D eigenvalue weighted by Gasteiger charge is -2.15. The number of hydrogen-bond donors (Lipinski definition) is 2. The highest BCUT2D eigenvalue weighted by molar-refractivity contribution is 6.31. The minimum atomic E-state index is -0.425. The molecule has 0 radical (unpaired) electrons. The van der Waals surface area contributed by atoms with Gasteiger partial charge in [0.25, 0.3) is 11.8 Å². The zero-order valence-corrected chi connectivity index (χ0v) is 19.9. The number of aryl methyl sites for hydroxylation is 2. The molecule has 9 heteroatoms. The second kappa shape index (κ2) is 10.4. The average Bonchev–Trinajstić information content (AvgIpc) is 3.08. The van der Waals surface area contributed by atoms with Crippen LogP contribution in [0.2, 0.25) is 5.02 Å². The number of nitrogens with one attached hydrogen (secondary N) is 2. The van der Waals surface area contributed by atoms with Gasteiger partial charge in [-0.15, -0.1) is 0 Å². The fraction of sp³-hybridized carbons (Fsp3) is 0.292. The SMILES string of the molecule is COc1cc(C(=O)Nc2cc(Cl)ccc2C(=O)NC(C)C)ccc1OCc1c(C)noc1C. The molecule has 3 aromatic rings. The highest BCUT2D eigenvalue weighted by Crippen LogP contribution is 2.30. The smallest absolute Gasteiger partial charge is 0.255 e. The maximum absolute atomic E-state index is 12.9. The van der Waals surface area contributed by atoms with Gasteiger partial charge in [-0.3, -0.25) is 9.59 Å². The Hall–Kier alpha value is -3.52. The molecule has 0 fully saturated rings. The van der Waals surface area contributed by atoms with E-state index in [-0.39, 0.29) is 18.6 Å². The highest BCUT2D eigenvalue weighted by Gasteiger charge is 2.18. The van der Waals surface area contributed by atoms with Crippen molar-refractivity contribution in [3.63, 3.8) is 0 Å². The molecule has 0 unspecified atom stereocenters. The van der Waals surface area contributed by atoms with E-state index >= 15 is 0 Å². The molecule has 0 aliphatic rings. The molecule has 2 amide bonds. The predicted molar refractivity (Wildman–Crippen MR) is 125 cm³/mol. The molecule has 1 aromatic heterocycles. The van der Waals surface area contributed by atoms with Crippen LogP contribution in [0.25, 0.3) is 0 Å². The molecule has 33 heavy (non-hydrogen) atoms. The van der Waals surface area contributed by atoms with Crippen LogP contribution in [-0.4, -0.2) is 30.1 Å². The number of halogens is 1. The lowest BCUT2D eigenvalue weighted by molar-refractivity contribution is 0.0944. The normalized spacial score (nSPS) is 10.8. The van der Waals surface area contributed by atoms with Gasteiger partial charge < -0.3 is 24.6 Å². The molecule has 0 saturated carbocycles. The summed E-state index contributed by atoms with van der Waals surface area (Å²) in [7, 11) is 1.49. The Labute approximate surface area is 197 Å². The molecule has 0 saturated heterocycles. The first-order chi connectivity index (χ1) is 15.7. The third kappa shape index (κ3) is 5.84. The van der Waals surface area contributed by atoms with Gasteiger partial charge in [0.2, 0.25) is 0 Å². The number of anilines is 1. The van der Waals surface area contributed by atoms with Crippen LogP contribution in [0.1, 0.15) is 51.6 Å². The number of hydrogen-bond acceptors (Lipinski definition) is 6. The van der Waals surface area contributed by atoms with Crippen molar-refractivity contribution in [1.29, 1.82) is 0 Å². The summed E-state index contributed by atoms with van der Waals surface area (Å²) < 4.78 is 16.4. The first-order valence-corrected chi connectivity index (χ1v) is 10.7. The van der Waals surface area contributed by atoms with Crippen molar-refractivity contribution in [2.45, 2.75) is 40.3 Å². The molecule has 0 atom stereocenters. The summed E-state index contributed by atoms with van der Waals surface area (Å²) in [5.41, 5.74) is 2.55. The van der Waals surface area contributed by atoms with E-state index in [2.05, 4.69) is 15.8 Å². The van der Waals surface area contributed by atoms with Crippen molar-refractivity contribution in [3.05, 3.63) is 69.6 Å².